The van der Waals surface area contributed by atoms with Crippen molar-refractivity contribution in [1.82, 2.24) is 4.90 Å². The first kappa shape index (κ1) is 25.0. The summed E-state index contributed by atoms with van der Waals surface area (Å²) in [5.41, 5.74) is 2.80. The Hall–Kier alpha value is -3.65. The fraction of sp³-hybridized carbons (Fsp3) is 0.269. The monoisotopic (exact) mass is 482 g/mol. The van der Waals surface area contributed by atoms with E-state index in [1.807, 2.05) is 60.7 Å². The minimum absolute atomic E-state index is 0.517. The molecule has 0 aliphatic carbocycles. The van der Waals surface area contributed by atoms with Crippen LogP contribution < -0.4 is 29.0 Å². The lowest BCUT2D eigenvalue weighted by atomic mass is 10.1. The average molecular weight is 483 g/mol. The van der Waals surface area contributed by atoms with Crippen LogP contribution in [0.25, 0.3) is 0 Å². The molecule has 0 fully saturated rings. The second kappa shape index (κ2) is 12.0. The van der Waals surface area contributed by atoms with Crippen molar-refractivity contribution in [1.29, 1.82) is 0 Å². The molecule has 1 N–H and O–H groups in total. The van der Waals surface area contributed by atoms with Crippen molar-refractivity contribution in [2.24, 2.45) is 0 Å². The molecule has 180 valence electrons. The summed E-state index contributed by atoms with van der Waals surface area (Å²) >= 11 is 5.84. The molecule has 0 bridgehead atoms. The van der Waals surface area contributed by atoms with Crippen molar-refractivity contribution in [2.45, 2.75) is 13.1 Å². The van der Waals surface area contributed by atoms with Gasteiger partial charge in [0.25, 0.3) is 0 Å². The summed E-state index contributed by atoms with van der Waals surface area (Å²) in [5.74, 6) is 3.59. The fourth-order valence-electron chi connectivity index (χ4n) is 3.43. The molecule has 3 aromatic carbocycles. The highest BCUT2D eigenvalue weighted by molar-refractivity contribution is 7.80. The highest BCUT2D eigenvalue weighted by Crippen LogP contribution is 2.30. The van der Waals surface area contributed by atoms with Crippen LogP contribution in [0.15, 0.2) is 60.7 Å². The Morgan fingerprint density at radius 2 is 1.24 bits per heavy atom. The van der Waals surface area contributed by atoms with E-state index in [0.717, 1.165) is 34.1 Å². The van der Waals surface area contributed by atoms with Gasteiger partial charge in [0, 0.05) is 30.8 Å². The van der Waals surface area contributed by atoms with Crippen LogP contribution >= 0.6 is 12.2 Å². The lowest BCUT2D eigenvalue weighted by molar-refractivity contribution is 0.370. The van der Waals surface area contributed by atoms with E-state index in [-0.39, 0.29) is 0 Å². The van der Waals surface area contributed by atoms with Gasteiger partial charge >= 0.3 is 0 Å². The van der Waals surface area contributed by atoms with E-state index in [0.29, 0.717) is 29.7 Å². The van der Waals surface area contributed by atoms with Crippen molar-refractivity contribution in [3.05, 3.63) is 71.8 Å². The highest BCUT2D eigenvalue weighted by atomic mass is 32.1. The van der Waals surface area contributed by atoms with Crippen molar-refractivity contribution in [2.75, 3.05) is 40.9 Å². The van der Waals surface area contributed by atoms with E-state index in [9.17, 15) is 0 Å². The number of thiocarbonyl (C=S) groups is 1. The van der Waals surface area contributed by atoms with Gasteiger partial charge in [-0.1, -0.05) is 12.1 Å². The molecule has 0 heterocycles. The molecule has 0 saturated carbocycles. The summed E-state index contributed by atoms with van der Waals surface area (Å²) in [6.07, 6.45) is 0. The molecular weight excluding hydrogens is 452 g/mol. The molecule has 0 aromatic heterocycles. The quantitative estimate of drug-likeness (QED) is 0.399. The number of rotatable bonds is 10. The Morgan fingerprint density at radius 1 is 0.676 bits per heavy atom. The lowest BCUT2D eigenvalue weighted by Gasteiger charge is -2.27. The largest absolute Gasteiger partial charge is 0.497 e. The third-order valence-electron chi connectivity index (χ3n) is 5.33. The Kier molecular flexibility index (Phi) is 8.81. The van der Waals surface area contributed by atoms with Gasteiger partial charge in [0.2, 0.25) is 0 Å². The summed E-state index contributed by atoms with van der Waals surface area (Å²) in [7, 11) is 8.15. The maximum absolute atomic E-state index is 5.84. The zero-order valence-corrected chi connectivity index (χ0v) is 20.9. The summed E-state index contributed by atoms with van der Waals surface area (Å²) in [4.78, 5) is 2.06. The number of methoxy groups -OCH3 is 5. The summed E-state index contributed by atoms with van der Waals surface area (Å²) < 4.78 is 27.1. The number of ether oxygens (including phenoxy) is 5. The van der Waals surface area contributed by atoms with Crippen molar-refractivity contribution >= 4 is 23.0 Å². The van der Waals surface area contributed by atoms with Gasteiger partial charge in [0.05, 0.1) is 41.2 Å². The Morgan fingerprint density at radius 3 is 1.82 bits per heavy atom. The van der Waals surface area contributed by atoms with E-state index in [2.05, 4.69) is 10.2 Å². The summed E-state index contributed by atoms with van der Waals surface area (Å²) in [5, 5.41) is 3.86. The van der Waals surface area contributed by atoms with Gasteiger partial charge in [0.1, 0.15) is 28.7 Å². The topological polar surface area (TPSA) is 61.4 Å². The Labute approximate surface area is 206 Å². The van der Waals surface area contributed by atoms with Gasteiger partial charge in [-0.05, 0) is 54.2 Å². The number of nitrogens with one attached hydrogen (secondary N) is 1. The zero-order chi connectivity index (χ0) is 24.5. The summed E-state index contributed by atoms with van der Waals surface area (Å²) in [6, 6.07) is 19.2. The molecule has 3 aromatic rings. The average Bonchev–Trinajstić information content (AvgIpc) is 2.88. The number of benzene rings is 3. The molecule has 8 heteroatoms. The maximum Gasteiger partial charge on any atom is 0.174 e. The molecule has 0 aliphatic heterocycles. The standard InChI is InChI=1S/C26H30N2O5S/c1-29-20-9-6-18(7-10-20)16-28(17-19-8-11-21(30-2)14-24(19)32-4)26(34)27-23-13-12-22(31-3)15-25(23)33-5/h6-15H,16-17H2,1-5H3,(H,27,34). The Balaban J connectivity index is 1.90. The second-order valence-electron chi connectivity index (χ2n) is 7.38. The third-order valence-corrected chi connectivity index (χ3v) is 5.69. The first-order chi connectivity index (χ1) is 16.5. The van der Waals surface area contributed by atoms with E-state index in [1.54, 1.807) is 35.5 Å². The van der Waals surface area contributed by atoms with Gasteiger partial charge in [-0.25, -0.2) is 0 Å². The minimum atomic E-state index is 0.517. The van der Waals surface area contributed by atoms with Gasteiger partial charge in [-0.15, -0.1) is 0 Å². The van der Waals surface area contributed by atoms with Crippen LogP contribution in [0.1, 0.15) is 11.1 Å². The molecule has 0 aliphatic rings. The zero-order valence-electron chi connectivity index (χ0n) is 20.1. The number of nitrogens with zero attached hydrogens (tertiary/aromatic N) is 1. The van der Waals surface area contributed by atoms with E-state index in [4.69, 9.17) is 35.9 Å². The van der Waals surface area contributed by atoms with Crippen molar-refractivity contribution < 1.29 is 23.7 Å². The maximum atomic E-state index is 5.84. The number of anilines is 1. The number of hydrogen-bond donors (Lipinski definition) is 1. The molecule has 0 atom stereocenters. The van der Waals surface area contributed by atoms with Gasteiger partial charge in [-0.2, -0.15) is 0 Å². The second-order valence-corrected chi connectivity index (χ2v) is 7.76. The highest BCUT2D eigenvalue weighted by Gasteiger charge is 2.17. The predicted octanol–water partition coefficient (Wildman–Crippen LogP) is 5.13. The van der Waals surface area contributed by atoms with E-state index >= 15 is 0 Å². The predicted molar refractivity (Wildman–Crippen MR) is 138 cm³/mol. The van der Waals surface area contributed by atoms with E-state index in [1.165, 1.54) is 0 Å². The normalized spacial score (nSPS) is 10.3. The molecule has 0 radical (unpaired) electrons. The first-order valence-corrected chi connectivity index (χ1v) is 11.0. The molecule has 7 nitrogen and oxygen atoms in total. The van der Waals surface area contributed by atoms with Gasteiger partial charge in [0.15, 0.2) is 5.11 Å². The molecule has 0 saturated heterocycles. The SMILES string of the molecule is COc1ccc(CN(Cc2ccc(OC)cc2OC)C(=S)Nc2ccc(OC)cc2OC)cc1. The molecule has 0 amide bonds. The fourth-order valence-corrected chi connectivity index (χ4v) is 3.67. The van der Waals surface area contributed by atoms with Crippen LogP contribution in [0, 0.1) is 0 Å². The molecular formula is C26H30N2O5S. The lowest BCUT2D eigenvalue weighted by Crippen LogP contribution is -2.34. The van der Waals surface area contributed by atoms with Crippen LogP contribution in [-0.4, -0.2) is 45.6 Å². The first-order valence-electron chi connectivity index (χ1n) is 10.6. The van der Waals surface area contributed by atoms with Gasteiger partial charge < -0.3 is 33.9 Å². The van der Waals surface area contributed by atoms with Crippen molar-refractivity contribution in [3.63, 3.8) is 0 Å². The van der Waals surface area contributed by atoms with E-state index < -0.39 is 0 Å². The van der Waals surface area contributed by atoms with Gasteiger partial charge in [-0.3, -0.25) is 0 Å². The smallest absolute Gasteiger partial charge is 0.174 e. The summed E-state index contributed by atoms with van der Waals surface area (Å²) in [6.45, 7) is 1.09. The third kappa shape index (κ3) is 6.23. The van der Waals surface area contributed by atoms with Crippen LogP contribution in [0.3, 0.4) is 0 Å². The van der Waals surface area contributed by atoms with Crippen LogP contribution in [0.4, 0.5) is 5.69 Å². The van der Waals surface area contributed by atoms with Crippen LogP contribution in [0.5, 0.6) is 28.7 Å². The van der Waals surface area contributed by atoms with Crippen LogP contribution in [-0.2, 0) is 13.1 Å². The molecule has 34 heavy (non-hydrogen) atoms. The molecule has 0 spiro atoms. The minimum Gasteiger partial charge on any atom is -0.497 e. The number of hydrogen-bond acceptors (Lipinski definition) is 6. The van der Waals surface area contributed by atoms with Crippen molar-refractivity contribution in [3.8, 4) is 28.7 Å². The Bertz CT molecular complexity index is 1100. The molecule has 0 unspecified atom stereocenters. The van der Waals surface area contributed by atoms with Crippen LogP contribution in [0.2, 0.25) is 0 Å². The molecule has 3 rings (SSSR count).